The van der Waals surface area contributed by atoms with Crippen LogP contribution in [0.15, 0.2) is 16.8 Å². The van der Waals surface area contributed by atoms with Gasteiger partial charge in [-0.15, -0.1) is 0 Å². The molecule has 0 aromatic carbocycles. The predicted octanol–water partition coefficient (Wildman–Crippen LogP) is 2.04. The monoisotopic (exact) mass is 223 g/mol. The van der Waals surface area contributed by atoms with Crippen LogP contribution in [0.4, 0.5) is 0 Å². The molecule has 0 unspecified atom stereocenters. The average Bonchev–Trinajstić information content (AvgIpc) is 2.31. The van der Waals surface area contributed by atoms with Crippen LogP contribution in [-0.4, -0.2) is 37.3 Å². The first kappa shape index (κ1) is 13.2. The third-order valence-electron chi connectivity index (χ3n) is 3.11. The first-order chi connectivity index (χ1) is 7.76. The fourth-order valence-corrected chi connectivity index (χ4v) is 1.93. The highest BCUT2D eigenvalue weighted by Crippen LogP contribution is 2.16. The van der Waals surface area contributed by atoms with E-state index in [2.05, 4.69) is 23.7 Å². The molecule has 0 aromatic heterocycles. The van der Waals surface area contributed by atoms with Crippen molar-refractivity contribution in [3.63, 3.8) is 0 Å². The summed E-state index contributed by atoms with van der Waals surface area (Å²) in [6.07, 6.45) is 7.34. The molecule has 1 aliphatic heterocycles. The van der Waals surface area contributed by atoms with Gasteiger partial charge in [0.2, 0.25) is 0 Å². The summed E-state index contributed by atoms with van der Waals surface area (Å²) in [6.45, 7) is 8.71. The molecule has 0 amide bonds. The molecule has 1 aliphatic rings. The van der Waals surface area contributed by atoms with E-state index in [1.54, 1.807) is 6.20 Å². The Kier molecular flexibility index (Phi) is 6.16. The van der Waals surface area contributed by atoms with E-state index in [4.69, 9.17) is 5.73 Å². The van der Waals surface area contributed by atoms with Crippen molar-refractivity contribution < 1.29 is 0 Å². The molecular weight excluding hydrogens is 198 g/mol. The van der Waals surface area contributed by atoms with Gasteiger partial charge in [-0.1, -0.05) is 13.8 Å². The first-order valence-electron chi connectivity index (χ1n) is 6.39. The van der Waals surface area contributed by atoms with Crippen LogP contribution >= 0.6 is 0 Å². The van der Waals surface area contributed by atoms with E-state index >= 15 is 0 Å². The molecule has 1 rings (SSSR count). The molecule has 1 fully saturated rings. The van der Waals surface area contributed by atoms with Gasteiger partial charge >= 0.3 is 0 Å². The summed E-state index contributed by atoms with van der Waals surface area (Å²) in [4.78, 5) is 6.81. The molecule has 0 spiro atoms. The molecule has 3 heteroatoms. The topological polar surface area (TPSA) is 41.6 Å². The molecule has 3 nitrogen and oxygen atoms in total. The maximum atomic E-state index is 5.62. The molecule has 0 bridgehead atoms. The van der Waals surface area contributed by atoms with Gasteiger partial charge in [0.1, 0.15) is 0 Å². The van der Waals surface area contributed by atoms with Crippen molar-refractivity contribution in [2.24, 2.45) is 16.6 Å². The van der Waals surface area contributed by atoms with Crippen molar-refractivity contribution in [1.29, 1.82) is 0 Å². The molecule has 2 N–H and O–H groups in total. The highest BCUT2D eigenvalue weighted by atomic mass is 15.1. The minimum absolute atomic E-state index is 0.885. The molecule has 0 radical (unpaired) electrons. The van der Waals surface area contributed by atoms with Crippen LogP contribution in [-0.2, 0) is 0 Å². The molecule has 16 heavy (non-hydrogen) atoms. The SMILES string of the molecule is CCCN=CC(=CN)CN1CCC(C)CC1. The lowest BCUT2D eigenvalue weighted by molar-refractivity contribution is 0.208. The molecule has 1 heterocycles. The summed E-state index contributed by atoms with van der Waals surface area (Å²) >= 11 is 0. The Morgan fingerprint density at radius 3 is 2.69 bits per heavy atom. The van der Waals surface area contributed by atoms with Gasteiger partial charge < -0.3 is 5.73 Å². The van der Waals surface area contributed by atoms with Gasteiger partial charge in [-0.05, 0) is 50.0 Å². The lowest BCUT2D eigenvalue weighted by atomic mass is 9.99. The highest BCUT2D eigenvalue weighted by Gasteiger charge is 2.15. The maximum absolute atomic E-state index is 5.62. The Hall–Kier alpha value is -0.830. The molecule has 0 atom stereocenters. The molecule has 0 aliphatic carbocycles. The van der Waals surface area contributed by atoms with E-state index in [1.165, 1.54) is 25.9 Å². The van der Waals surface area contributed by atoms with Crippen LogP contribution in [0.2, 0.25) is 0 Å². The number of hydrogen-bond donors (Lipinski definition) is 1. The van der Waals surface area contributed by atoms with Crippen molar-refractivity contribution in [2.45, 2.75) is 33.1 Å². The predicted molar refractivity (Wildman–Crippen MR) is 70.8 cm³/mol. The fraction of sp³-hybridized carbons (Fsp3) is 0.769. The number of rotatable bonds is 5. The smallest absolute Gasteiger partial charge is 0.0386 e. The van der Waals surface area contributed by atoms with Crippen molar-refractivity contribution in [2.75, 3.05) is 26.2 Å². The molecule has 0 saturated carbocycles. The number of likely N-dealkylation sites (tertiary alicyclic amines) is 1. The van der Waals surface area contributed by atoms with E-state index in [0.29, 0.717) is 0 Å². The van der Waals surface area contributed by atoms with Crippen molar-refractivity contribution >= 4 is 6.21 Å². The first-order valence-corrected chi connectivity index (χ1v) is 6.39. The maximum Gasteiger partial charge on any atom is 0.0386 e. The van der Waals surface area contributed by atoms with Crippen LogP contribution in [0.3, 0.4) is 0 Å². The zero-order chi connectivity index (χ0) is 11.8. The van der Waals surface area contributed by atoms with Gasteiger partial charge in [0, 0.05) is 19.3 Å². The van der Waals surface area contributed by atoms with Crippen molar-refractivity contribution in [1.82, 2.24) is 4.90 Å². The van der Waals surface area contributed by atoms with E-state index in [0.717, 1.165) is 31.0 Å². The lowest BCUT2D eigenvalue weighted by Gasteiger charge is -2.30. The van der Waals surface area contributed by atoms with Gasteiger partial charge in [0.05, 0.1) is 0 Å². The van der Waals surface area contributed by atoms with Crippen LogP contribution in [0.25, 0.3) is 0 Å². The average molecular weight is 223 g/mol. The Labute approximate surface area is 99.4 Å². The Balaban J connectivity index is 2.33. The number of nitrogens with two attached hydrogens (primary N) is 1. The van der Waals surface area contributed by atoms with Crippen LogP contribution in [0.1, 0.15) is 33.1 Å². The quantitative estimate of drug-likeness (QED) is 0.725. The zero-order valence-electron chi connectivity index (χ0n) is 10.7. The Bertz CT molecular complexity index is 238. The van der Waals surface area contributed by atoms with Crippen LogP contribution in [0, 0.1) is 5.92 Å². The second-order valence-corrected chi connectivity index (χ2v) is 4.74. The van der Waals surface area contributed by atoms with Crippen molar-refractivity contribution in [3.05, 3.63) is 11.8 Å². The minimum atomic E-state index is 0.885. The molecular formula is C13H25N3. The number of aliphatic imine (C=N–C) groups is 1. The van der Waals surface area contributed by atoms with Gasteiger partial charge in [-0.2, -0.15) is 0 Å². The minimum Gasteiger partial charge on any atom is -0.404 e. The van der Waals surface area contributed by atoms with E-state index in [1.807, 2.05) is 6.21 Å². The highest BCUT2D eigenvalue weighted by molar-refractivity contribution is 5.78. The van der Waals surface area contributed by atoms with Crippen LogP contribution in [0.5, 0.6) is 0 Å². The summed E-state index contributed by atoms with van der Waals surface area (Å²) in [5, 5.41) is 0. The number of hydrogen-bond acceptors (Lipinski definition) is 3. The van der Waals surface area contributed by atoms with Gasteiger partial charge in [-0.25, -0.2) is 0 Å². The summed E-state index contributed by atoms with van der Waals surface area (Å²) in [5.74, 6) is 0.885. The molecule has 92 valence electrons. The second kappa shape index (κ2) is 7.44. The van der Waals surface area contributed by atoms with Gasteiger partial charge in [0.25, 0.3) is 0 Å². The van der Waals surface area contributed by atoms with Crippen LogP contribution < -0.4 is 5.73 Å². The van der Waals surface area contributed by atoms with Gasteiger partial charge in [0.15, 0.2) is 0 Å². The number of piperidine rings is 1. The summed E-state index contributed by atoms with van der Waals surface area (Å²) in [5.41, 5.74) is 6.76. The second-order valence-electron chi connectivity index (χ2n) is 4.74. The van der Waals surface area contributed by atoms with E-state index in [-0.39, 0.29) is 0 Å². The Morgan fingerprint density at radius 1 is 1.44 bits per heavy atom. The zero-order valence-corrected chi connectivity index (χ0v) is 10.7. The van der Waals surface area contributed by atoms with Gasteiger partial charge in [-0.3, -0.25) is 9.89 Å². The third-order valence-corrected chi connectivity index (χ3v) is 3.11. The van der Waals surface area contributed by atoms with E-state index in [9.17, 15) is 0 Å². The summed E-state index contributed by atoms with van der Waals surface area (Å²) < 4.78 is 0. The van der Waals surface area contributed by atoms with E-state index < -0.39 is 0 Å². The third kappa shape index (κ3) is 4.79. The summed E-state index contributed by atoms with van der Waals surface area (Å²) in [7, 11) is 0. The molecule has 0 aromatic rings. The Morgan fingerprint density at radius 2 is 2.12 bits per heavy atom. The van der Waals surface area contributed by atoms with Crippen molar-refractivity contribution in [3.8, 4) is 0 Å². The largest absolute Gasteiger partial charge is 0.404 e. The standard InChI is InChI=1S/C13H25N3/c1-3-6-15-10-13(9-14)11-16-7-4-12(2)5-8-16/h9-10,12H,3-8,11,14H2,1-2H3. The fourth-order valence-electron chi connectivity index (χ4n) is 1.93. The number of nitrogens with zero attached hydrogens (tertiary/aromatic N) is 2. The lowest BCUT2D eigenvalue weighted by Crippen LogP contribution is -2.34. The molecule has 1 saturated heterocycles. The normalized spacial score (nSPS) is 20.8. The summed E-state index contributed by atoms with van der Waals surface area (Å²) in [6, 6.07) is 0.